The molecule has 1 aliphatic rings. The van der Waals surface area contributed by atoms with Crippen molar-refractivity contribution in [2.75, 3.05) is 46.2 Å². The van der Waals surface area contributed by atoms with Crippen LogP contribution >= 0.6 is 0 Å². The normalized spacial score (nSPS) is 13.4. The minimum atomic E-state index is -1.04. The predicted octanol–water partition coefficient (Wildman–Crippen LogP) is 4.81. The van der Waals surface area contributed by atoms with Crippen LogP contribution in [0.15, 0.2) is 104 Å². The Morgan fingerprint density at radius 1 is 0.796 bits per heavy atom. The third-order valence-corrected chi connectivity index (χ3v) is 8.84. The number of allylic oxidation sites excluding steroid dienone is 2. The Hall–Kier alpha value is -5.30. The number of rotatable bonds is 24. The molecular formula is C42H51N3O9. The molecule has 0 aromatic heterocycles. The lowest BCUT2D eigenvalue weighted by molar-refractivity contribution is -0.148. The quantitative estimate of drug-likeness (QED) is 0.0574. The molecule has 1 aliphatic carbocycles. The van der Waals surface area contributed by atoms with Crippen molar-refractivity contribution in [3.05, 3.63) is 121 Å². The molecule has 0 unspecified atom stereocenters. The van der Waals surface area contributed by atoms with E-state index in [9.17, 15) is 19.2 Å². The van der Waals surface area contributed by atoms with E-state index >= 15 is 0 Å². The molecule has 288 valence electrons. The summed E-state index contributed by atoms with van der Waals surface area (Å²) in [4.78, 5) is 52.6. The summed E-state index contributed by atoms with van der Waals surface area (Å²) < 4.78 is 22.4. The van der Waals surface area contributed by atoms with Gasteiger partial charge in [0, 0.05) is 18.9 Å². The Morgan fingerprint density at radius 3 is 2.15 bits per heavy atom. The molecule has 12 heteroatoms. The largest absolute Gasteiger partial charge is 0.462 e. The van der Waals surface area contributed by atoms with Crippen LogP contribution in [0.3, 0.4) is 0 Å². The van der Waals surface area contributed by atoms with Gasteiger partial charge >= 0.3 is 12.1 Å². The fourth-order valence-electron chi connectivity index (χ4n) is 6.15. The second-order valence-corrected chi connectivity index (χ2v) is 12.8. The van der Waals surface area contributed by atoms with Crippen LogP contribution in [0.1, 0.15) is 48.3 Å². The van der Waals surface area contributed by atoms with Gasteiger partial charge in [0.2, 0.25) is 11.8 Å². The maximum Gasteiger partial charge on any atom is 0.407 e. The van der Waals surface area contributed by atoms with Crippen molar-refractivity contribution in [2.45, 2.75) is 50.3 Å². The Bertz CT molecular complexity index is 1640. The van der Waals surface area contributed by atoms with Gasteiger partial charge in [0.1, 0.15) is 19.3 Å². The van der Waals surface area contributed by atoms with Crippen LogP contribution in [0.2, 0.25) is 0 Å². The van der Waals surface area contributed by atoms with Crippen LogP contribution in [0.4, 0.5) is 4.79 Å². The molecule has 0 spiro atoms. The van der Waals surface area contributed by atoms with Crippen molar-refractivity contribution in [1.82, 2.24) is 16.0 Å². The first kappa shape index (κ1) is 41.5. The third-order valence-electron chi connectivity index (χ3n) is 8.84. The number of hydrogen-bond donors (Lipinski definition) is 4. The Morgan fingerprint density at radius 2 is 1.48 bits per heavy atom. The highest BCUT2D eigenvalue weighted by atomic mass is 16.6. The molecule has 54 heavy (non-hydrogen) atoms. The zero-order chi connectivity index (χ0) is 38.5. The van der Waals surface area contributed by atoms with E-state index in [1.165, 1.54) is 0 Å². The predicted molar refractivity (Wildman–Crippen MR) is 204 cm³/mol. The van der Waals surface area contributed by atoms with Crippen molar-refractivity contribution >= 4 is 23.9 Å². The van der Waals surface area contributed by atoms with Gasteiger partial charge in [-0.2, -0.15) is 0 Å². The Balaban J connectivity index is 1.36. The number of ether oxygens (including phenoxy) is 4. The van der Waals surface area contributed by atoms with E-state index in [0.717, 1.165) is 27.8 Å². The maximum absolute atomic E-state index is 13.5. The lowest BCUT2D eigenvalue weighted by Crippen LogP contribution is -2.47. The standard InChI is InChI=1S/C42H51N3O9/c1-3-5-20-38(45-42(50)54-29-37-35-18-11-9-16-33(35)34-17-10-12-19-36(34)37)41(49)53-28-32(27-52-26-30-14-7-6-8-15-30)44-40(48)31(13-4-2)25-39(47)43-21-23-51-24-22-46/h3-4,6-12,14-19,31-32,37-38,46H,1-2,5,13,20-29H2,(H,43,47)(H,44,48)(H,45,50)/t31-,32+,38+/m1/s1. The van der Waals surface area contributed by atoms with Crippen molar-refractivity contribution < 1.29 is 43.2 Å². The van der Waals surface area contributed by atoms with Crippen LogP contribution in [0.25, 0.3) is 11.1 Å². The molecule has 4 rings (SSSR count). The lowest BCUT2D eigenvalue weighted by atomic mass is 9.98. The summed E-state index contributed by atoms with van der Waals surface area (Å²) in [5.74, 6) is -2.39. The van der Waals surface area contributed by atoms with Crippen LogP contribution in [-0.2, 0) is 39.9 Å². The number of fused-ring (bicyclic) bond motifs is 3. The number of esters is 1. The highest BCUT2D eigenvalue weighted by Gasteiger charge is 2.31. The molecule has 12 nitrogen and oxygen atoms in total. The molecule has 4 N–H and O–H groups in total. The molecule has 3 atom stereocenters. The summed E-state index contributed by atoms with van der Waals surface area (Å²) in [6, 6.07) is 23.7. The van der Waals surface area contributed by atoms with E-state index in [0.29, 0.717) is 6.42 Å². The fraction of sp³-hybridized carbons (Fsp3) is 0.381. The number of aliphatic hydroxyl groups excluding tert-OH is 1. The highest BCUT2D eigenvalue weighted by molar-refractivity contribution is 5.86. The van der Waals surface area contributed by atoms with Crippen molar-refractivity contribution in [2.24, 2.45) is 5.92 Å². The molecule has 0 saturated carbocycles. The summed E-state index contributed by atoms with van der Waals surface area (Å²) in [7, 11) is 0. The van der Waals surface area contributed by atoms with E-state index in [1.807, 2.05) is 78.9 Å². The van der Waals surface area contributed by atoms with E-state index < -0.39 is 36.0 Å². The molecule has 0 radical (unpaired) electrons. The summed E-state index contributed by atoms with van der Waals surface area (Å²) in [6.07, 6.45) is 3.19. The van der Waals surface area contributed by atoms with Crippen LogP contribution in [0.5, 0.6) is 0 Å². The smallest absolute Gasteiger partial charge is 0.407 e. The molecule has 3 amide bonds. The number of aliphatic hydroxyl groups is 1. The average molecular weight is 742 g/mol. The van der Waals surface area contributed by atoms with Gasteiger partial charge in [-0.15, -0.1) is 13.2 Å². The highest BCUT2D eigenvalue weighted by Crippen LogP contribution is 2.44. The minimum absolute atomic E-state index is 0.000245. The molecule has 0 fully saturated rings. The number of nitrogens with one attached hydrogen (secondary N) is 3. The average Bonchev–Trinajstić information content (AvgIpc) is 3.51. The van der Waals surface area contributed by atoms with Gasteiger partial charge in [-0.3, -0.25) is 9.59 Å². The molecule has 0 bridgehead atoms. The van der Waals surface area contributed by atoms with E-state index in [1.54, 1.807) is 12.2 Å². The first-order valence-corrected chi connectivity index (χ1v) is 18.2. The number of hydrogen-bond acceptors (Lipinski definition) is 9. The zero-order valence-electron chi connectivity index (χ0n) is 30.6. The summed E-state index contributed by atoms with van der Waals surface area (Å²) in [5, 5.41) is 17.1. The topological polar surface area (TPSA) is 162 Å². The second kappa shape index (κ2) is 22.7. The lowest BCUT2D eigenvalue weighted by Gasteiger charge is -2.24. The van der Waals surface area contributed by atoms with Crippen LogP contribution in [0, 0.1) is 5.92 Å². The Kier molecular flexibility index (Phi) is 17.4. The molecule has 0 heterocycles. The van der Waals surface area contributed by atoms with Gasteiger partial charge in [0.15, 0.2) is 0 Å². The van der Waals surface area contributed by atoms with E-state index in [4.69, 9.17) is 24.1 Å². The number of benzene rings is 3. The monoisotopic (exact) mass is 741 g/mol. The van der Waals surface area contributed by atoms with Gasteiger partial charge in [0.05, 0.1) is 45.0 Å². The third kappa shape index (κ3) is 13.0. The van der Waals surface area contributed by atoms with E-state index in [2.05, 4.69) is 29.1 Å². The molecule has 0 aliphatic heterocycles. The summed E-state index contributed by atoms with van der Waals surface area (Å²) >= 11 is 0. The van der Waals surface area contributed by atoms with Crippen molar-refractivity contribution in [3.8, 4) is 11.1 Å². The SMILES string of the molecule is C=CCC[C@H](NC(=O)OCC1c2ccccc2-c2ccccc21)C(=O)OC[C@H](COCc1ccccc1)NC(=O)[C@H](CC=C)CC(=O)NCCOCCO. The number of alkyl carbamates (subject to hydrolysis) is 1. The van der Waals surface area contributed by atoms with Gasteiger partial charge in [-0.1, -0.05) is 91.0 Å². The van der Waals surface area contributed by atoms with Crippen molar-refractivity contribution in [1.29, 1.82) is 0 Å². The maximum atomic E-state index is 13.5. The number of carbonyl (C=O) groups is 4. The Labute approximate surface area is 316 Å². The second-order valence-electron chi connectivity index (χ2n) is 12.8. The summed E-state index contributed by atoms with van der Waals surface area (Å²) in [5.41, 5.74) is 5.25. The van der Waals surface area contributed by atoms with Gasteiger partial charge in [-0.05, 0) is 47.1 Å². The fourth-order valence-corrected chi connectivity index (χ4v) is 6.15. The zero-order valence-corrected chi connectivity index (χ0v) is 30.6. The summed E-state index contributed by atoms with van der Waals surface area (Å²) in [6.45, 7) is 8.04. The van der Waals surface area contributed by atoms with Gasteiger partial charge < -0.3 is 40.0 Å². The molecule has 3 aromatic carbocycles. The molecular weight excluding hydrogens is 690 g/mol. The first-order valence-electron chi connectivity index (χ1n) is 18.2. The van der Waals surface area contributed by atoms with Crippen LogP contribution < -0.4 is 16.0 Å². The number of amides is 3. The van der Waals surface area contributed by atoms with Gasteiger partial charge in [0.25, 0.3) is 0 Å². The minimum Gasteiger partial charge on any atom is -0.462 e. The molecule has 0 saturated heterocycles. The van der Waals surface area contributed by atoms with E-state index in [-0.39, 0.29) is 83.9 Å². The first-order chi connectivity index (χ1) is 26.3. The molecule has 3 aromatic rings. The number of carbonyl (C=O) groups excluding carboxylic acids is 4. The van der Waals surface area contributed by atoms with Gasteiger partial charge in [-0.25, -0.2) is 9.59 Å². The van der Waals surface area contributed by atoms with Crippen molar-refractivity contribution in [3.63, 3.8) is 0 Å². The van der Waals surface area contributed by atoms with Crippen LogP contribution in [-0.4, -0.2) is 87.3 Å².